The molecule has 0 bridgehead atoms. The topological polar surface area (TPSA) is 108 Å². The number of carbonyl (C=O) groups excluding carboxylic acids is 2. The molecule has 0 saturated carbocycles. The lowest BCUT2D eigenvalue weighted by molar-refractivity contribution is -0.870. The number of quaternary nitrogens is 1. The van der Waals surface area contributed by atoms with Crippen LogP contribution in [-0.2, 0) is 32.7 Å². The van der Waals surface area contributed by atoms with Gasteiger partial charge in [0, 0.05) is 12.8 Å². The van der Waals surface area contributed by atoms with Gasteiger partial charge >= 0.3 is 19.8 Å². The standard InChI is InChI=1S/C44H82NO8P/c1-6-8-10-12-14-16-18-20-22-24-26-28-30-32-34-36-43(46)50-40-42(41-52-54(48,49)51-39-38-45(3,4)5)53-44(47)37-35-33-31-29-27-25-23-21-19-17-15-13-11-9-7-2/h20-23,27,29,42H,6-19,24-26,28,30-41H2,1-5H3/p+1/b22-20+,23-21+,29-27+/t42-/m1/s1. The number of ether oxygens (including phenoxy) is 2. The number of carbonyl (C=O) groups is 2. The molecule has 0 amide bonds. The largest absolute Gasteiger partial charge is 0.472 e. The summed E-state index contributed by atoms with van der Waals surface area (Å²) in [6, 6.07) is 0. The number of allylic oxidation sites excluding steroid dienone is 6. The molecule has 0 spiro atoms. The predicted octanol–water partition coefficient (Wildman–Crippen LogP) is 12.1. The summed E-state index contributed by atoms with van der Waals surface area (Å²) in [5.41, 5.74) is 0. The minimum absolute atomic E-state index is 0.0244. The molecule has 0 heterocycles. The normalized spacial score (nSPS) is 14.0. The van der Waals surface area contributed by atoms with Crippen molar-refractivity contribution in [1.29, 1.82) is 0 Å². The molecule has 0 rings (SSSR count). The van der Waals surface area contributed by atoms with Gasteiger partial charge in [-0.25, -0.2) is 4.57 Å². The third kappa shape index (κ3) is 39.9. The first-order valence-corrected chi connectivity index (χ1v) is 23.2. The number of rotatable bonds is 39. The fourth-order valence-corrected chi connectivity index (χ4v) is 6.43. The Labute approximate surface area is 331 Å². The highest BCUT2D eigenvalue weighted by Gasteiger charge is 2.27. The SMILES string of the molecule is CCCCCCCC/C=C/C/C=C/CCCCC(=O)O[C@H](COC(=O)CCCCCCC/C=C/CCCCCCCC)COP(=O)(O)OCC[N+](C)(C)C. The molecule has 10 heteroatoms. The third-order valence-electron chi connectivity index (χ3n) is 9.14. The van der Waals surface area contributed by atoms with Crippen molar-refractivity contribution >= 4 is 19.8 Å². The van der Waals surface area contributed by atoms with Gasteiger partial charge in [0.15, 0.2) is 6.10 Å². The summed E-state index contributed by atoms with van der Waals surface area (Å²) in [4.78, 5) is 35.3. The summed E-state index contributed by atoms with van der Waals surface area (Å²) in [7, 11) is 1.45. The Morgan fingerprint density at radius 2 is 1.00 bits per heavy atom. The van der Waals surface area contributed by atoms with Crippen LogP contribution in [0.15, 0.2) is 36.5 Å². The van der Waals surface area contributed by atoms with Crippen LogP contribution in [0.4, 0.5) is 0 Å². The smallest absolute Gasteiger partial charge is 0.462 e. The minimum Gasteiger partial charge on any atom is -0.462 e. The molecule has 0 aliphatic carbocycles. The van der Waals surface area contributed by atoms with Gasteiger partial charge in [0.05, 0.1) is 27.7 Å². The van der Waals surface area contributed by atoms with E-state index in [4.69, 9.17) is 18.5 Å². The van der Waals surface area contributed by atoms with Crippen molar-refractivity contribution < 1.29 is 42.1 Å². The van der Waals surface area contributed by atoms with E-state index in [0.717, 1.165) is 64.2 Å². The second kappa shape index (κ2) is 36.8. The first kappa shape index (κ1) is 52.2. The van der Waals surface area contributed by atoms with Crippen molar-refractivity contribution in [2.24, 2.45) is 0 Å². The first-order valence-electron chi connectivity index (χ1n) is 21.7. The van der Waals surface area contributed by atoms with Gasteiger partial charge in [0.1, 0.15) is 19.8 Å². The van der Waals surface area contributed by atoms with Gasteiger partial charge < -0.3 is 18.9 Å². The molecule has 316 valence electrons. The van der Waals surface area contributed by atoms with Crippen molar-refractivity contribution in [3.05, 3.63) is 36.5 Å². The molecule has 0 aromatic rings. The van der Waals surface area contributed by atoms with Crippen molar-refractivity contribution in [1.82, 2.24) is 0 Å². The van der Waals surface area contributed by atoms with Crippen LogP contribution in [0.3, 0.4) is 0 Å². The zero-order chi connectivity index (χ0) is 40.0. The van der Waals surface area contributed by atoms with Gasteiger partial charge in [0.25, 0.3) is 0 Å². The highest BCUT2D eigenvalue weighted by Crippen LogP contribution is 2.43. The van der Waals surface area contributed by atoms with E-state index in [9.17, 15) is 19.0 Å². The van der Waals surface area contributed by atoms with E-state index in [1.165, 1.54) is 83.5 Å². The maximum Gasteiger partial charge on any atom is 0.472 e. The molecule has 0 saturated heterocycles. The van der Waals surface area contributed by atoms with Gasteiger partial charge in [-0.2, -0.15) is 0 Å². The molecule has 1 unspecified atom stereocenters. The number of nitrogens with zero attached hydrogens (tertiary/aromatic N) is 1. The Morgan fingerprint density at radius 3 is 1.52 bits per heavy atom. The molecule has 9 nitrogen and oxygen atoms in total. The maximum absolute atomic E-state index is 12.7. The van der Waals surface area contributed by atoms with E-state index in [-0.39, 0.29) is 32.0 Å². The highest BCUT2D eigenvalue weighted by molar-refractivity contribution is 7.47. The van der Waals surface area contributed by atoms with Gasteiger partial charge in [-0.15, -0.1) is 0 Å². The predicted molar refractivity (Wildman–Crippen MR) is 224 cm³/mol. The molecule has 1 N–H and O–H groups in total. The van der Waals surface area contributed by atoms with Crippen molar-refractivity contribution in [2.75, 3.05) is 47.5 Å². The molecule has 0 radical (unpaired) electrons. The van der Waals surface area contributed by atoms with E-state index in [2.05, 4.69) is 50.3 Å². The Kier molecular flexibility index (Phi) is 35.6. The fourth-order valence-electron chi connectivity index (χ4n) is 5.68. The van der Waals surface area contributed by atoms with Crippen LogP contribution in [0.25, 0.3) is 0 Å². The first-order chi connectivity index (χ1) is 26.0. The fraction of sp³-hybridized carbons (Fsp3) is 0.818. The lowest BCUT2D eigenvalue weighted by atomic mass is 10.1. The van der Waals surface area contributed by atoms with Gasteiger partial charge in [-0.1, -0.05) is 134 Å². The molecule has 0 aliphatic rings. The van der Waals surface area contributed by atoms with Gasteiger partial charge in [0.2, 0.25) is 0 Å². The third-order valence-corrected chi connectivity index (χ3v) is 10.1. The number of unbranched alkanes of at least 4 members (excludes halogenated alkanes) is 19. The second-order valence-electron chi connectivity index (χ2n) is 15.7. The lowest BCUT2D eigenvalue weighted by Gasteiger charge is -2.24. The van der Waals surface area contributed by atoms with Crippen molar-refractivity contribution in [3.63, 3.8) is 0 Å². The molecule has 0 aliphatic heterocycles. The highest BCUT2D eigenvalue weighted by atomic mass is 31.2. The summed E-state index contributed by atoms with van der Waals surface area (Å²) in [6.45, 7) is 4.36. The molecular weight excluding hydrogens is 701 g/mol. The van der Waals surface area contributed by atoms with Crippen LogP contribution in [-0.4, -0.2) is 74.9 Å². The average molecular weight is 785 g/mol. The van der Waals surface area contributed by atoms with Crippen LogP contribution in [0.2, 0.25) is 0 Å². The number of esters is 2. The molecule has 0 fully saturated rings. The summed E-state index contributed by atoms with van der Waals surface area (Å²) in [5.74, 6) is -0.846. The number of hydrogen-bond donors (Lipinski definition) is 1. The van der Waals surface area contributed by atoms with Gasteiger partial charge in [-0.3, -0.25) is 18.6 Å². The molecular formula is C44H83NO8P+. The number of hydrogen-bond acceptors (Lipinski definition) is 7. The summed E-state index contributed by atoms with van der Waals surface area (Å²) < 4.78 is 34.2. The Balaban J connectivity index is 4.44. The van der Waals surface area contributed by atoms with E-state index in [0.29, 0.717) is 17.4 Å². The number of phosphoric acid groups is 1. The maximum atomic E-state index is 12.7. The second-order valence-corrected chi connectivity index (χ2v) is 17.2. The Bertz CT molecular complexity index is 1020. The zero-order valence-corrected chi connectivity index (χ0v) is 36.3. The molecule has 0 aromatic heterocycles. The summed E-state index contributed by atoms with van der Waals surface area (Å²) in [6.07, 6.45) is 40.5. The Morgan fingerprint density at radius 1 is 0.574 bits per heavy atom. The number of likely N-dealkylation sites (N-methyl/N-ethyl adjacent to an activating group) is 1. The van der Waals surface area contributed by atoms with E-state index >= 15 is 0 Å². The zero-order valence-electron chi connectivity index (χ0n) is 35.5. The van der Waals surface area contributed by atoms with Crippen molar-refractivity contribution in [3.8, 4) is 0 Å². The summed E-state index contributed by atoms with van der Waals surface area (Å²) >= 11 is 0. The van der Waals surface area contributed by atoms with Crippen LogP contribution < -0.4 is 0 Å². The molecule has 54 heavy (non-hydrogen) atoms. The minimum atomic E-state index is -4.38. The monoisotopic (exact) mass is 785 g/mol. The van der Waals surface area contributed by atoms with Crippen LogP contribution in [0.1, 0.15) is 181 Å². The van der Waals surface area contributed by atoms with Crippen LogP contribution in [0.5, 0.6) is 0 Å². The lowest BCUT2D eigenvalue weighted by Crippen LogP contribution is -2.37. The molecule has 2 atom stereocenters. The van der Waals surface area contributed by atoms with E-state index in [1.807, 2.05) is 21.1 Å². The van der Waals surface area contributed by atoms with Crippen LogP contribution >= 0.6 is 7.82 Å². The Hall–Kier alpha value is -1.77. The van der Waals surface area contributed by atoms with E-state index < -0.39 is 26.5 Å². The summed E-state index contributed by atoms with van der Waals surface area (Å²) in [5, 5.41) is 0. The number of phosphoric ester groups is 1. The van der Waals surface area contributed by atoms with Gasteiger partial charge in [-0.05, 0) is 70.6 Å². The average Bonchev–Trinajstić information content (AvgIpc) is 3.12. The quantitative estimate of drug-likeness (QED) is 0.0216. The van der Waals surface area contributed by atoms with E-state index in [1.54, 1.807) is 0 Å². The molecule has 0 aromatic carbocycles. The van der Waals surface area contributed by atoms with Crippen molar-refractivity contribution in [2.45, 2.75) is 187 Å². The van der Waals surface area contributed by atoms with Crippen LogP contribution in [0, 0.1) is 0 Å².